The molecular weight excluding hydrogens is 184 g/mol. The van der Waals surface area contributed by atoms with Crippen LogP contribution in [0.5, 0.6) is 0 Å². The molecule has 1 N–H and O–H groups in total. The molecule has 0 saturated carbocycles. The minimum absolute atomic E-state index is 0.338. The Hall–Kier alpha value is -0.0700. The minimum atomic E-state index is -0.561. The molecule has 0 unspecified atom stereocenters. The molecule has 4 nitrogen and oxygen atoms in total. The van der Waals surface area contributed by atoms with Crippen LogP contribution >= 0.6 is 25.6 Å². The van der Waals surface area contributed by atoms with Crippen LogP contribution in [-0.2, 0) is 4.74 Å². The van der Waals surface area contributed by atoms with Gasteiger partial charge in [-0.05, 0) is 32.2 Å². The second-order valence-electron chi connectivity index (χ2n) is 1.76. The highest BCUT2D eigenvalue weighted by molar-refractivity contribution is 7.94. The number of nitrogens with zero attached hydrogens (tertiary/aromatic N) is 1. The average Bonchev–Trinajstić information content (AvgIpc) is 1.97. The van der Waals surface area contributed by atoms with Gasteiger partial charge in [-0.25, -0.2) is 4.79 Å². The molecule has 0 rings (SSSR count). The number of carbonyl (C=O) groups excluding carboxylic acids is 1. The van der Waals surface area contributed by atoms with Crippen molar-refractivity contribution < 1.29 is 9.53 Å². The second kappa shape index (κ2) is 6.63. The summed E-state index contributed by atoms with van der Waals surface area (Å²) < 4.78 is 5.47. The lowest BCUT2D eigenvalue weighted by Crippen LogP contribution is -2.23. The number of rotatable bonds is 4. The smallest absolute Gasteiger partial charge is 0.429 e. The molecule has 0 aromatic carbocycles. The van der Waals surface area contributed by atoms with Crippen LogP contribution in [0.2, 0.25) is 0 Å². The van der Waals surface area contributed by atoms with Crippen molar-refractivity contribution in [3.05, 3.63) is 0 Å². The number of carbonyl (C=O) groups is 1. The predicted molar refractivity (Wildman–Crippen MR) is 49.7 cm³/mol. The first kappa shape index (κ1) is 10.9. The van der Waals surface area contributed by atoms with Gasteiger partial charge < -0.3 is 10.1 Å². The van der Waals surface area contributed by atoms with Gasteiger partial charge in [-0.1, -0.05) is 6.92 Å². The lowest BCUT2D eigenvalue weighted by atomic mass is 10.6. The molecule has 6 heteroatoms. The first-order valence-corrected chi connectivity index (χ1v) is 4.03. The Morgan fingerprint density at radius 3 is 2.73 bits per heavy atom. The van der Waals surface area contributed by atoms with Gasteiger partial charge in [-0.3, -0.25) is 0 Å². The summed E-state index contributed by atoms with van der Waals surface area (Å²) in [6, 6.07) is 0. The minimum Gasteiger partial charge on any atom is -0.447 e. The Labute approximate surface area is 77.4 Å². The highest BCUT2D eigenvalue weighted by atomic mass is 32.2. The van der Waals surface area contributed by atoms with E-state index < -0.39 is 6.09 Å². The number of thiol groups is 2. The van der Waals surface area contributed by atoms with Crippen molar-refractivity contribution in [2.24, 2.45) is 0 Å². The third kappa shape index (κ3) is 6.33. The van der Waals surface area contributed by atoms with Gasteiger partial charge in [0.05, 0.1) is 0 Å². The van der Waals surface area contributed by atoms with Crippen LogP contribution in [0.4, 0.5) is 4.79 Å². The molecule has 0 heterocycles. The molecule has 0 aliphatic carbocycles. The van der Waals surface area contributed by atoms with E-state index in [0.717, 1.165) is 10.3 Å². The standard InChI is InChI=1S/C5H12N2O2S2/c1-2-6-3-4-9-5(8)7(10)11/h6,10-11H,2-4H2,1H3. The van der Waals surface area contributed by atoms with Crippen molar-refractivity contribution in [1.82, 2.24) is 9.03 Å². The number of amides is 1. The predicted octanol–water partition coefficient (Wildman–Crippen LogP) is 0.724. The van der Waals surface area contributed by atoms with E-state index in [9.17, 15) is 4.79 Å². The van der Waals surface area contributed by atoms with Crippen molar-refractivity contribution in [3.8, 4) is 0 Å². The molecule has 0 fully saturated rings. The van der Waals surface area contributed by atoms with E-state index in [1.165, 1.54) is 0 Å². The van der Waals surface area contributed by atoms with Crippen LogP contribution in [0.3, 0.4) is 0 Å². The molecule has 11 heavy (non-hydrogen) atoms. The number of hydrogen-bond donors (Lipinski definition) is 3. The molecule has 0 spiro atoms. The van der Waals surface area contributed by atoms with E-state index >= 15 is 0 Å². The van der Waals surface area contributed by atoms with Gasteiger partial charge in [-0.15, -0.1) is 0 Å². The Morgan fingerprint density at radius 2 is 2.27 bits per heavy atom. The number of nitrogens with one attached hydrogen (secondary N) is 1. The van der Waals surface area contributed by atoms with Crippen LogP contribution in [-0.4, -0.2) is 29.5 Å². The molecular formula is C5H12N2O2S2. The van der Waals surface area contributed by atoms with Crippen molar-refractivity contribution in [3.63, 3.8) is 0 Å². The molecule has 0 radical (unpaired) electrons. The second-order valence-corrected chi connectivity index (χ2v) is 2.87. The SMILES string of the molecule is CCNCCOC(=O)N(S)S. The lowest BCUT2D eigenvalue weighted by Gasteiger charge is -2.08. The quantitative estimate of drug-likeness (QED) is 0.458. The van der Waals surface area contributed by atoms with E-state index in [-0.39, 0.29) is 0 Å². The lowest BCUT2D eigenvalue weighted by molar-refractivity contribution is 0.143. The van der Waals surface area contributed by atoms with E-state index in [1.54, 1.807) is 0 Å². The summed E-state index contributed by atoms with van der Waals surface area (Å²) >= 11 is 7.24. The van der Waals surface area contributed by atoms with Crippen molar-refractivity contribution in [1.29, 1.82) is 0 Å². The van der Waals surface area contributed by atoms with Crippen LogP contribution in [0.1, 0.15) is 6.92 Å². The van der Waals surface area contributed by atoms with Crippen molar-refractivity contribution >= 4 is 31.7 Å². The van der Waals surface area contributed by atoms with Gasteiger partial charge in [0.2, 0.25) is 0 Å². The number of ether oxygens (including phenoxy) is 1. The maximum absolute atomic E-state index is 10.6. The third-order valence-electron chi connectivity index (χ3n) is 0.918. The van der Waals surface area contributed by atoms with Gasteiger partial charge in [0.15, 0.2) is 0 Å². The van der Waals surface area contributed by atoms with Gasteiger partial charge in [-0.2, -0.15) is 3.71 Å². The number of hydrogen-bond acceptors (Lipinski definition) is 5. The highest BCUT2D eigenvalue weighted by Gasteiger charge is 2.04. The zero-order chi connectivity index (χ0) is 8.69. The van der Waals surface area contributed by atoms with Crippen molar-refractivity contribution in [2.75, 3.05) is 19.7 Å². The monoisotopic (exact) mass is 196 g/mol. The van der Waals surface area contributed by atoms with E-state index in [2.05, 4.69) is 35.7 Å². The van der Waals surface area contributed by atoms with E-state index in [1.807, 2.05) is 6.92 Å². The first-order chi connectivity index (χ1) is 5.18. The van der Waals surface area contributed by atoms with Gasteiger partial charge in [0, 0.05) is 6.54 Å². The van der Waals surface area contributed by atoms with Gasteiger partial charge >= 0.3 is 6.09 Å². The average molecular weight is 196 g/mol. The summed E-state index contributed by atoms with van der Waals surface area (Å²) in [7, 11) is 0. The first-order valence-electron chi connectivity index (χ1n) is 3.23. The molecule has 0 bridgehead atoms. The summed E-state index contributed by atoms with van der Waals surface area (Å²) in [6.45, 7) is 3.83. The molecule has 0 saturated heterocycles. The zero-order valence-electron chi connectivity index (χ0n) is 6.28. The fourth-order valence-corrected chi connectivity index (χ4v) is 0.560. The fraction of sp³-hybridized carbons (Fsp3) is 0.800. The maximum atomic E-state index is 10.6. The van der Waals surface area contributed by atoms with Gasteiger partial charge in [0.25, 0.3) is 0 Å². The summed E-state index contributed by atoms with van der Waals surface area (Å²) in [4.78, 5) is 10.6. The highest BCUT2D eigenvalue weighted by Crippen LogP contribution is 1.99. The Morgan fingerprint density at radius 1 is 1.64 bits per heavy atom. The van der Waals surface area contributed by atoms with Crippen LogP contribution in [0.25, 0.3) is 0 Å². The topological polar surface area (TPSA) is 41.6 Å². The van der Waals surface area contributed by atoms with Crippen LogP contribution in [0, 0.1) is 0 Å². The molecule has 1 amide bonds. The number of likely N-dealkylation sites (N-methyl/N-ethyl adjacent to an activating group) is 1. The van der Waals surface area contributed by atoms with Gasteiger partial charge in [0.1, 0.15) is 6.61 Å². The molecule has 0 aliphatic heterocycles. The summed E-state index contributed by atoms with van der Waals surface area (Å²) in [5.74, 6) is 0. The third-order valence-corrected chi connectivity index (χ3v) is 1.24. The maximum Gasteiger partial charge on any atom is 0.429 e. The van der Waals surface area contributed by atoms with Crippen molar-refractivity contribution in [2.45, 2.75) is 6.92 Å². The fourth-order valence-electron chi connectivity index (χ4n) is 0.445. The van der Waals surface area contributed by atoms with E-state index in [0.29, 0.717) is 13.2 Å². The molecule has 0 aliphatic rings. The van der Waals surface area contributed by atoms with Crippen LogP contribution in [0.15, 0.2) is 0 Å². The molecule has 0 aromatic rings. The van der Waals surface area contributed by atoms with E-state index in [4.69, 9.17) is 0 Å². The summed E-state index contributed by atoms with van der Waals surface area (Å²) in [6.07, 6.45) is -0.561. The molecule has 66 valence electrons. The Balaban J connectivity index is 3.18. The normalized spacial score (nSPS) is 9.36. The largest absolute Gasteiger partial charge is 0.447 e. The van der Waals surface area contributed by atoms with Crippen LogP contribution < -0.4 is 5.32 Å². The molecule has 0 atom stereocenters. The molecule has 0 aromatic heterocycles. The Kier molecular flexibility index (Phi) is 6.59. The summed E-state index contributed by atoms with van der Waals surface area (Å²) in [5, 5.41) is 3.00. The zero-order valence-corrected chi connectivity index (χ0v) is 8.07. The Bertz CT molecular complexity index is 121. The summed E-state index contributed by atoms with van der Waals surface area (Å²) in [5.41, 5.74) is 0.